The number of carbonyl (C=O) groups is 2. The number of nitrogens with zero attached hydrogens (tertiary/aromatic N) is 1. The maximum Gasteiger partial charge on any atom is 0.315 e. The van der Waals surface area contributed by atoms with Crippen molar-refractivity contribution >= 4 is 11.8 Å². The van der Waals surface area contributed by atoms with Gasteiger partial charge in [-0.3, -0.25) is 9.59 Å². The van der Waals surface area contributed by atoms with Crippen LogP contribution in [0.15, 0.2) is 22.6 Å². The maximum atomic E-state index is 13.1. The topological polar surface area (TPSA) is 61.4 Å². The Kier molecular flexibility index (Phi) is 5.35. The minimum atomic E-state index is -0.304. The maximum absolute atomic E-state index is 13.1. The molecule has 0 spiro atoms. The van der Waals surface area contributed by atoms with Crippen LogP contribution in [0.2, 0.25) is 0 Å². The van der Waals surface area contributed by atoms with Crippen molar-refractivity contribution in [3.63, 3.8) is 0 Å². The summed E-state index contributed by atoms with van der Waals surface area (Å²) in [5, 5.41) is 0. The zero-order valence-corrected chi connectivity index (χ0v) is 16.0. The largest absolute Gasteiger partial charge is 0.462 e. The molecular weight excluding hydrogens is 330 g/mol. The van der Waals surface area contributed by atoms with Crippen molar-refractivity contribution in [2.45, 2.75) is 71.9 Å². The number of aryl methyl sites for hydroxylation is 2. The molecule has 1 atom stereocenters. The predicted octanol–water partition coefficient (Wildman–Crippen LogP) is 4.40. The first-order valence-corrected chi connectivity index (χ1v) is 9.46. The van der Waals surface area contributed by atoms with Crippen LogP contribution in [0.3, 0.4) is 0 Å². The van der Waals surface area contributed by atoms with Gasteiger partial charge in [0, 0.05) is 12.2 Å². The van der Waals surface area contributed by atoms with E-state index in [4.69, 9.17) is 9.15 Å². The van der Waals surface area contributed by atoms with Crippen LogP contribution in [0, 0.1) is 6.92 Å². The van der Waals surface area contributed by atoms with E-state index in [1.165, 1.54) is 0 Å². The standard InChI is InChI=1S/C21H27NO4/c1-5-7-15-12-17-16(21(24)25-13(2)3)8-6-11-22(17)19(15)20(23)18-10-9-14(4)26-18/h9-10,12-13,16H,5-8,11H2,1-4H3. The van der Waals surface area contributed by atoms with Crippen LogP contribution in [0.25, 0.3) is 0 Å². The molecule has 0 saturated heterocycles. The van der Waals surface area contributed by atoms with Gasteiger partial charge in [-0.05, 0) is 63.8 Å². The van der Waals surface area contributed by atoms with Crippen molar-refractivity contribution in [3.05, 3.63) is 46.7 Å². The van der Waals surface area contributed by atoms with Gasteiger partial charge in [0.2, 0.25) is 5.78 Å². The van der Waals surface area contributed by atoms with Crippen molar-refractivity contribution in [2.24, 2.45) is 0 Å². The average Bonchev–Trinajstić information content (AvgIpc) is 3.17. The van der Waals surface area contributed by atoms with E-state index in [9.17, 15) is 9.59 Å². The molecule has 0 aliphatic carbocycles. The SMILES string of the molecule is CCCc1cc2n(c1C(=O)c1ccc(C)o1)CCCC2C(=O)OC(C)C. The lowest BCUT2D eigenvalue weighted by molar-refractivity contribution is -0.149. The highest BCUT2D eigenvalue weighted by molar-refractivity contribution is 6.07. The second kappa shape index (κ2) is 7.52. The van der Waals surface area contributed by atoms with Crippen molar-refractivity contribution < 1.29 is 18.7 Å². The van der Waals surface area contributed by atoms with E-state index in [1.807, 2.05) is 31.4 Å². The summed E-state index contributed by atoms with van der Waals surface area (Å²) in [6, 6.07) is 5.55. The first-order chi connectivity index (χ1) is 12.4. The van der Waals surface area contributed by atoms with Gasteiger partial charge in [-0.15, -0.1) is 0 Å². The summed E-state index contributed by atoms with van der Waals surface area (Å²) in [7, 11) is 0. The number of aromatic nitrogens is 1. The Morgan fingerprint density at radius 2 is 2.12 bits per heavy atom. The molecule has 3 rings (SSSR count). The molecule has 1 aliphatic rings. The van der Waals surface area contributed by atoms with E-state index in [1.54, 1.807) is 12.1 Å². The fourth-order valence-electron chi connectivity index (χ4n) is 3.71. The molecule has 5 nitrogen and oxygen atoms in total. The number of carbonyl (C=O) groups excluding carboxylic acids is 2. The highest BCUT2D eigenvalue weighted by atomic mass is 16.5. The summed E-state index contributed by atoms with van der Waals surface area (Å²) in [6.07, 6.45) is 3.20. The molecule has 2 aromatic heterocycles. The summed E-state index contributed by atoms with van der Waals surface area (Å²) in [5.74, 6) is 0.462. The van der Waals surface area contributed by atoms with Crippen LogP contribution in [0.1, 0.15) is 79.2 Å². The van der Waals surface area contributed by atoms with E-state index < -0.39 is 0 Å². The number of rotatable bonds is 6. The molecule has 140 valence electrons. The second-order valence-electron chi connectivity index (χ2n) is 7.26. The summed E-state index contributed by atoms with van der Waals surface area (Å²) in [4.78, 5) is 25.7. The van der Waals surface area contributed by atoms with Gasteiger partial charge < -0.3 is 13.7 Å². The van der Waals surface area contributed by atoms with Crippen molar-refractivity contribution in [3.8, 4) is 0 Å². The zero-order valence-electron chi connectivity index (χ0n) is 16.0. The number of ether oxygens (including phenoxy) is 1. The van der Waals surface area contributed by atoms with Gasteiger partial charge >= 0.3 is 5.97 Å². The minimum absolute atomic E-state index is 0.106. The first-order valence-electron chi connectivity index (χ1n) is 9.46. The Morgan fingerprint density at radius 3 is 2.73 bits per heavy atom. The van der Waals surface area contributed by atoms with Crippen molar-refractivity contribution in [2.75, 3.05) is 0 Å². The van der Waals surface area contributed by atoms with Gasteiger partial charge in [0.15, 0.2) is 5.76 Å². The lowest BCUT2D eigenvalue weighted by atomic mass is 9.96. The average molecular weight is 357 g/mol. The van der Waals surface area contributed by atoms with Crippen LogP contribution in [-0.2, 0) is 22.5 Å². The molecule has 0 aromatic carbocycles. The molecule has 1 unspecified atom stereocenters. The van der Waals surface area contributed by atoms with Gasteiger partial charge in [0.25, 0.3) is 0 Å². The molecule has 0 fully saturated rings. The van der Waals surface area contributed by atoms with Crippen LogP contribution in [0.4, 0.5) is 0 Å². The molecule has 5 heteroatoms. The number of hydrogen-bond donors (Lipinski definition) is 0. The van der Waals surface area contributed by atoms with E-state index in [0.29, 0.717) is 17.2 Å². The van der Waals surface area contributed by atoms with E-state index in [-0.39, 0.29) is 23.8 Å². The van der Waals surface area contributed by atoms with E-state index in [2.05, 4.69) is 6.92 Å². The first kappa shape index (κ1) is 18.5. The van der Waals surface area contributed by atoms with Crippen molar-refractivity contribution in [1.82, 2.24) is 4.57 Å². The quantitative estimate of drug-likeness (QED) is 0.568. The van der Waals surface area contributed by atoms with Crippen LogP contribution >= 0.6 is 0 Å². The van der Waals surface area contributed by atoms with Gasteiger partial charge in [-0.2, -0.15) is 0 Å². The summed E-state index contributed by atoms with van der Waals surface area (Å²) >= 11 is 0. The normalized spacial score (nSPS) is 16.6. The monoisotopic (exact) mass is 357 g/mol. The minimum Gasteiger partial charge on any atom is -0.462 e. The highest BCUT2D eigenvalue weighted by Gasteiger charge is 2.33. The van der Waals surface area contributed by atoms with Crippen LogP contribution < -0.4 is 0 Å². The summed E-state index contributed by atoms with van der Waals surface area (Å²) < 4.78 is 13.0. The molecule has 26 heavy (non-hydrogen) atoms. The summed E-state index contributed by atoms with van der Waals surface area (Å²) in [6.45, 7) is 8.37. The highest BCUT2D eigenvalue weighted by Crippen LogP contribution is 2.34. The third-order valence-corrected chi connectivity index (χ3v) is 4.77. The Balaban J connectivity index is 2.04. The van der Waals surface area contributed by atoms with Gasteiger partial charge in [0.1, 0.15) is 5.76 Å². The van der Waals surface area contributed by atoms with Crippen molar-refractivity contribution in [1.29, 1.82) is 0 Å². The Labute approximate surface area is 154 Å². The number of esters is 1. The van der Waals surface area contributed by atoms with Crippen LogP contribution in [0.5, 0.6) is 0 Å². The van der Waals surface area contributed by atoms with Gasteiger partial charge in [-0.1, -0.05) is 13.3 Å². The molecule has 3 heterocycles. The third kappa shape index (κ3) is 3.48. The summed E-state index contributed by atoms with van der Waals surface area (Å²) in [5.41, 5.74) is 2.56. The lowest BCUT2D eigenvalue weighted by Gasteiger charge is -2.25. The molecule has 0 saturated carbocycles. The zero-order chi connectivity index (χ0) is 18.8. The fourth-order valence-corrected chi connectivity index (χ4v) is 3.71. The molecule has 1 aliphatic heterocycles. The number of ketones is 1. The molecule has 0 radical (unpaired) electrons. The Morgan fingerprint density at radius 1 is 1.35 bits per heavy atom. The molecule has 0 amide bonds. The number of furan rings is 1. The lowest BCUT2D eigenvalue weighted by Crippen LogP contribution is -2.27. The van der Waals surface area contributed by atoms with E-state index in [0.717, 1.165) is 43.5 Å². The van der Waals surface area contributed by atoms with Gasteiger partial charge in [0.05, 0.1) is 17.7 Å². The molecule has 0 bridgehead atoms. The smallest absolute Gasteiger partial charge is 0.315 e. The predicted molar refractivity (Wildman–Crippen MR) is 98.5 cm³/mol. The Bertz CT molecular complexity index is 812. The number of fused-ring (bicyclic) bond motifs is 1. The molecule has 0 N–H and O–H groups in total. The third-order valence-electron chi connectivity index (χ3n) is 4.77. The number of hydrogen-bond acceptors (Lipinski definition) is 4. The molecular formula is C21H27NO4. The second-order valence-corrected chi connectivity index (χ2v) is 7.26. The van der Waals surface area contributed by atoms with Gasteiger partial charge in [-0.25, -0.2) is 0 Å². The van der Waals surface area contributed by atoms with Crippen LogP contribution in [-0.4, -0.2) is 22.4 Å². The fraction of sp³-hybridized carbons (Fsp3) is 0.524. The Hall–Kier alpha value is -2.30. The molecule has 2 aromatic rings. The van der Waals surface area contributed by atoms with E-state index >= 15 is 0 Å².